The number of carbonyl (C=O) groups is 1. The predicted octanol–water partition coefficient (Wildman–Crippen LogP) is 1.28. The first-order valence-corrected chi connectivity index (χ1v) is 6.55. The van der Waals surface area contributed by atoms with Crippen LogP contribution in [-0.2, 0) is 6.54 Å². The molecule has 2 aromatic rings. The maximum absolute atomic E-state index is 12.0. The van der Waals surface area contributed by atoms with Gasteiger partial charge in [-0.05, 0) is 18.4 Å². The standard InChI is InChI=1S/C13H13N3O2S/c1-9-7-11(16-18-9)8-15-13(17)12-10(3-2-5-14)4-6-19-12/h4,6-7H,5,8,14H2,1H3,(H,15,17). The molecule has 2 rings (SSSR count). The number of nitrogens with two attached hydrogens (primary N) is 1. The zero-order chi connectivity index (χ0) is 13.7. The molecular formula is C13H13N3O2S. The van der Waals surface area contributed by atoms with Crippen LogP contribution in [0.2, 0.25) is 0 Å². The SMILES string of the molecule is Cc1cc(CNC(=O)c2sccc2C#CCN)no1. The molecule has 5 nitrogen and oxygen atoms in total. The summed E-state index contributed by atoms with van der Waals surface area (Å²) in [4.78, 5) is 12.6. The summed E-state index contributed by atoms with van der Waals surface area (Å²) in [5, 5.41) is 8.42. The molecular weight excluding hydrogens is 262 g/mol. The molecule has 98 valence electrons. The van der Waals surface area contributed by atoms with E-state index in [1.807, 2.05) is 11.4 Å². The van der Waals surface area contributed by atoms with Crippen LogP contribution >= 0.6 is 11.3 Å². The molecule has 6 heteroatoms. The second kappa shape index (κ2) is 6.18. The highest BCUT2D eigenvalue weighted by molar-refractivity contribution is 7.12. The molecule has 0 atom stereocenters. The van der Waals surface area contributed by atoms with E-state index in [-0.39, 0.29) is 12.5 Å². The number of carbonyl (C=O) groups excluding carboxylic acids is 1. The van der Waals surface area contributed by atoms with Gasteiger partial charge >= 0.3 is 0 Å². The van der Waals surface area contributed by atoms with Crippen molar-refractivity contribution >= 4 is 17.2 Å². The third kappa shape index (κ3) is 3.44. The lowest BCUT2D eigenvalue weighted by molar-refractivity contribution is 0.0954. The lowest BCUT2D eigenvalue weighted by Gasteiger charge is -2.00. The second-order valence-corrected chi connectivity index (χ2v) is 4.70. The highest BCUT2D eigenvalue weighted by Gasteiger charge is 2.12. The van der Waals surface area contributed by atoms with E-state index in [1.54, 1.807) is 13.0 Å². The summed E-state index contributed by atoms with van der Waals surface area (Å²) in [6.07, 6.45) is 0. The van der Waals surface area contributed by atoms with Crippen LogP contribution in [0.25, 0.3) is 0 Å². The van der Waals surface area contributed by atoms with Gasteiger partial charge in [0.2, 0.25) is 0 Å². The molecule has 3 N–H and O–H groups in total. The summed E-state index contributed by atoms with van der Waals surface area (Å²) in [5.41, 5.74) is 6.71. The first-order valence-electron chi connectivity index (χ1n) is 5.67. The van der Waals surface area contributed by atoms with Crippen LogP contribution in [0.15, 0.2) is 22.0 Å². The lowest BCUT2D eigenvalue weighted by atomic mass is 10.2. The molecule has 0 aliphatic carbocycles. The number of aryl methyl sites for hydroxylation is 1. The van der Waals surface area contributed by atoms with Gasteiger partial charge in [-0.3, -0.25) is 4.79 Å². The number of hydrogen-bond acceptors (Lipinski definition) is 5. The minimum Gasteiger partial charge on any atom is -0.361 e. The molecule has 0 bridgehead atoms. The Morgan fingerprint density at radius 2 is 2.47 bits per heavy atom. The average Bonchev–Trinajstić information content (AvgIpc) is 3.02. The van der Waals surface area contributed by atoms with E-state index < -0.39 is 0 Å². The maximum Gasteiger partial charge on any atom is 0.262 e. The first-order chi connectivity index (χ1) is 9.20. The van der Waals surface area contributed by atoms with Crippen molar-refractivity contribution in [1.29, 1.82) is 0 Å². The van der Waals surface area contributed by atoms with Crippen LogP contribution in [0, 0.1) is 18.8 Å². The number of nitrogens with one attached hydrogen (secondary N) is 1. The van der Waals surface area contributed by atoms with Crippen LogP contribution in [-0.4, -0.2) is 17.6 Å². The van der Waals surface area contributed by atoms with Crippen molar-refractivity contribution in [2.75, 3.05) is 6.54 Å². The lowest BCUT2D eigenvalue weighted by Crippen LogP contribution is -2.22. The second-order valence-electron chi connectivity index (χ2n) is 3.78. The number of thiophene rings is 1. The van der Waals surface area contributed by atoms with Gasteiger partial charge in [0.15, 0.2) is 0 Å². The Morgan fingerprint density at radius 3 is 3.16 bits per heavy atom. The largest absolute Gasteiger partial charge is 0.361 e. The zero-order valence-electron chi connectivity index (χ0n) is 10.4. The fourth-order valence-corrected chi connectivity index (χ4v) is 2.25. The zero-order valence-corrected chi connectivity index (χ0v) is 11.2. The maximum atomic E-state index is 12.0. The summed E-state index contributed by atoms with van der Waals surface area (Å²) < 4.78 is 4.93. The van der Waals surface area contributed by atoms with Crippen molar-refractivity contribution in [3.63, 3.8) is 0 Å². The molecule has 2 aromatic heterocycles. The van der Waals surface area contributed by atoms with Crippen molar-refractivity contribution in [1.82, 2.24) is 10.5 Å². The van der Waals surface area contributed by atoms with E-state index >= 15 is 0 Å². The number of rotatable bonds is 3. The Bertz CT molecular complexity index is 634. The summed E-state index contributed by atoms with van der Waals surface area (Å²) in [6.45, 7) is 2.41. The first kappa shape index (κ1) is 13.3. The number of amides is 1. The molecule has 0 aromatic carbocycles. The molecule has 2 heterocycles. The minimum atomic E-state index is -0.169. The van der Waals surface area contributed by atoms with Crippen LogP contribution in [0.1, 0.15) is 26.7 Å². The van der Waals surface area contributed by atoms with E-state index in [0.717, 1.165) is 5.76 Å². The monoisotopic (exact) mass is 275 g/mol. The fraction of sp³-hybridized carbons (Fsp3) is 0.231. The van der Waals surface area contributed by atoms with Gasteiger partial charge in [0.25, 0.3) is 5.91 Å². The van der Waals surface area contributed by atoms with E-state index in [1.165, 1.54) is 11.3 Å². The molecule has 0 spiro atoms. The number of hydrogen-bond donors (Lipinski definition) is 2. The topological polar surface area (TPSA) is 81.2 Å². The van der Waals surface area contributed by atoms with Crippen molar-refractivity contribution < 1.29 is 9.32 Å². The highest BCUT2D eigenvalue weighted by Crippen LogP contribution is 2.15. The normalized spacial score (nSPS) is 9.79. The smallest absolute Gasteiger partial charge is 0.262 e. The third-order valence-corrected chi connectivity index (χ3v) is 3.22. The van der Waals surface area contributed by atoms with Gasteiger partial charge in [0.1, 0.15) is 16.3 Å². The Hall–Kier alpha value is -2.10. The minimum absolute atomic E-state index is 0.169. The fourth-order valence-electron chi connectivity index (χ4n) is 1.48. The Labute approximate surface area is 114 Å². The van der Waals surface area contributed by atoms with Gasteiger partial charge < -0.3 is 15.6 Å². The van der Waals surface area contributed by atoms with E-state index in [0.29, 0.717) is 22.7 Å². The summed E-state index contributed by atoms with van der Waals surface area (Å²) in [5.74, 6) is 6.16. The van der Waals surface area contributed by atoms with Crippen LogP contribution in [0.4, 0.5) is 0 Å². The Morgan fingerprint density at radius 1 is 1.63 bits per heavy atom. The molecule has 1 amide bonds. The molecule has 19 heavy (non-hydrogen) atoms. The molecule has 0 radical (unpaired) electrons. The van der Waals surface area contributed by atoms with Crippen molar-refractivity contribution in [3.05, 3.63) is 39.4 Å². The average molecular weight is 275 g/mol. The van der Waals surface area contributed by atoms with Crippen LogP contribution in [0.5, 0.6) is 0 Å². The Balaban J connectivity index is 2.02. The predicted molar refractivity (Wildman–Crippen MR) is 72.7 cm³/mol. The van der Waals surface area contributed by atoms with Gasteiger partial charge in [-0.15, -0.1) is 11.3 Å². The number of aromatic nitrogens is 1. The molecule has 0 aliphatic heterocycles. The van der Waals surface area contributed by atoms with Crippen LogP contribution in [0.3, 0.4) is 0 Å². The summed E-state index contributed by atoms with van der Waals surface area (Å²) in [7, 11) is 0. The number of nitrogens with zero attached hydrogens (tertiary/aromatic N) is 1. The van der Waals surface area contributed by atoms with Gasteiger partial charge in [0.05, 0.1) is 13.1 Å². The summed E-state index contributed by atoms with van der Waals surface area (Å²) >= 11 is 1.35. The molecule has 0 unspecified atom stereocenters. The quantitative estimate of drug-likeness (QED) is 0.827. The van der Waals surface area contributed by atoms with Crippen molar-refractivity contribution in [2.24, 2.45) is 5.73 Å². The Kier molecular flexibility index (Phi) is 4.34. The van der Waals surface area contributed by atoms with Gasteiger partial charge in [0, 0.05) is 11.6 Å². The van der Waals surface area contributed by atoms with Gasteiger partial charge in [-0.1, -0.05) is 17.0 Å². The molecule has 0 saturated heterocycles. The highest BCUT2D eigenvalue weighted by atomic mass is 32.1. The molecule has 0 fully saturated rings. The molecule has 0 saturated carbocycles. The van der Waals surface area contributed by atoms with E-state index in [4.69, 9.17) is 10.3 Å². The van der Waals surface area contributed by atoms with Gasteiger partial charge in [-0.25, -0.2) is 0 Å². The van der Waals surface area contributed by atoms with Gasteiger partial charge in [-0.2, -0.15) is 0 Å². The third-order valence-electron chi connectivity index (χ3n) is 2.30. The van der Waals surface area contributed by atoms with Crippen molar-refractivity contribution in [2.45, 2.75) is 13.5 Å². The molecule has 0 aliphatic rings. The van der Waals surface area contributed by atoms with Crippen LogP contribution < -0.4 is 11.1 Å². The van der Waals surface area contributed by atoms with E-state index in [2.05, 4.69) is 22.3 Å². The summed E-state index contributed by atoms with van der Waals surface area (Å²) in [6, 6.07) is 3.59. The van der Waals surface area contributed by atoms with Crippen molar-refractivity contribution in [3.8, 4) is 11.8 Å². The van der Waals surface area contributed by atoms with E-state index in [9.17, 15) is 4.79 Å².